The van der Waals surface area contributed by atoms with E-state index in [2.05, 4.69) is 20.6 Å². The zero-order chi connectivity index (χ0) is 16.7. The van der Waals surface area contributed by atoms with Crippen LogP contribution in [0.25, 0.3) is 0 Å². The molecule has 23 heavy (non-hydrogen) atoms. The Morgan fingerprint density at radius 1 is 1.30 bits per heavy atom. The number of hydrogen-bond donors (Lipinski definition) is 2. The highest BCUT2D eigenvalue weighted by Gasteiger charge is 2.05. The van der Waals surface area contributed by atoms with Gasteiger partial charge in [0.05, 0.1) is 17.2 Å². The molecule has 0 aliphatic carbocycles. The van der Waals surface area contributed by atoms with Crippen molar-refractivity contribution >= 4 is 17.3 Å². The van der Waals surface area contributed by atoms with Gasteiger partial charge in [-0.3, -0.25) is 0 Å². The van der Waals surface area contributed by atoms with Crippen molar-refractivity contribution in [3.63, 3.8) is 0 Å². The van der Waals surface area contributed by atoms with Gasteiger partial charge in [-0.1, -0.05) is 12.1 Å². The first-order chi connectivity index (χ1) is 11.1. The number of aryl methyl sites for hydroxylation is 2. The summed E-state index contributed by atoms with van der Waals surface area (Å²) in [6.07, 6.45) is 0.918. The monoisotopic (exact) mass is 334 g/mol. The van der Waals surface area contributed by atoms with E-state index in [1.165, 1.54) is 17.0 Å². The van der Waals surface area contributed by atoms with Gasteiger partial charge in [0.2, 0.25) is 0 Å². The van der Waals surface area contributed by atoms with Gasteiger partial charge >= 0.3 is 0 Å². The number of hydrogen-bond acceptors (Lipinski definition) is 3. The minimum Gasteiger partial charge on any atom is -0.357 e. The molecule has 0 saturated heterocycles. The summed E-state index contributed by atoms with van der Waals surface area (Å²) in [6.45, 7) is 8.12. The summed E-state index contributed by atoms with van der Waals surface area (Å²) >= 11 is 1.74. The van der Waals surface area contributed by atoms with E-state index in [1.54, 1.807) is 17.4 Å². The summed E-state index contributed by atoms with van der Waals surface area (Å²) < 4.78 is 13.2. The van der Waals surface area contributed by atoms with Crippen molar-refractivity contribution in [3.05, 3.63) is 51.2 Å². The van der Waals surface area contributed by atoms with Crippen LogP contribution in [0.4, 0.5) is 4.39 Å². The van der Waals surface area contributed by atoms with Gasteiger partial charge in [-0.2, -0.15) is 0 Å². The van der Waals surface area contributed by atoms with Gasteiger partial charge in [-0.25, -0.2) is 14.4 Å². The van der Waals surface area contributed by atoms with E-state index in [9.17, 15) is 4.39 Å². The summed E-state index contributed by atoms with van der Waals surface area (Å²) in [6, 6.07) is 6.53. The van der Waals surface area contributed by atoms with Crippen molar-refractivity contribution in [2.45, 2.75) is 33.7 Å². The van der Waals surface area contributed by atoms with Crippen LogP contribution in [0.5, 0.6) is 0 Å². The van der Waals surface area contributed by atoms with Crippen LogP contribution < -0.4 is 10.6 Å². The minimum absolute atomic E-state index is 0.230. The molecule has 0 aliphatic heterocycles. The van der Waals surface area contributed by atoms with E-state index < -0.39 is 0 Å². The standard InChI is InChI=1S/C17H23FN4S/c1-4-19-17(21-11-14-6-5-7-15(18)10-14)20-9-8-16-12(2)22-13(3)23-16/h5-7,10H,4,8-9,11H2,1-3H3,(H2,19,20,21). The zero-order valence-corrected chi connectivity index (χ0v) is 14.6. The fourth-order valence-corrected chi connectivity index (χ4v) is 3.18. The number of aliphatic imine (C=N–C) groups is 1. The van der Waals surface area contributed by atoms with Crippen molar-refractivity contribution in [2.24, 2.45) is 4.99 Å². The lowest BCUT2D eigenvalue weighted by Gasteiger charge is -2.11. The molecule has 2 aromatic rings. The Hall–Kier alpha value is -1.95. The maximum Gasteiger partial charge on any atom is 0.191 e. The second kappa shape index (κ2) is 8.62. The average Bonchev–Trinajstić information content (AvgIpc) is 2.83. The van der Waals surface area contributed by atoms with Crippen LogP contribution in [0.1, 0.15) is 28.1 Å². The van der Waals surface area contributed by atoms with Gasteiger partial charge in [0.25, 0.3) is 0 Å². The van der Waals surface area contributed by atoms with Crippen LogP contribution in [0.15, 0.2) is 29.3 Å². The molecule has 1 heterocycles. The number of aromatic nitrogens is 1. The number of nitrogens with one attached hydrogen (secondary N) is 2. The molecule has 0 aliphatic rings. The molecule has 0 unspecified atom stereocenters. The first-order valence-electron chi connectivity index (χ1n) is 7.78. The number of rotatable bonds is 6. The smallest absolute Gasteiger partial charge is 0.191 e. The lowest BCUT2D eigenvalue weighted by atomic mass is 10.2. The van der Waals surface area contributed by atoms with Crippen LogP contribution in [0.3, 0.4) is 0 Å². The fourth-order valence-electron chi connectivity index (χ4n) is 2.25. The van der Waals surface area contributed by atoms with Gasteiger partial charge in [0.1, 0.15) is 5.82 Å². The Morgan fingerprint density at radius 2 is 2.13 bits per heavy atom. The average molecular weight is 334 g/mol. The van der Waals surface area contributed by atoms with Crippen LogP contribution in [-0.2, 0) is 13.0 Å². The van der Waals surface area contributed by atoms with Crippen LogP contribution >= 0.6 is 11.3 Å². The van der Waals surface area contributed by atoms with E-state index >= 15 is 0 Å². The van der Waals surface area contributed by atoms with E-state index in [0.29, 0.717) is 6.54 Å². The normalized spacial score (nSPS) is 11.6. The molecule has 6 heteroatoms. The summed E-state index contributed by atoms with van der Waals surface area (Å²) in [5.41, 5.74) is 1.96. The molecule has 0 bridgehead atoms. The highest BCUT2D eigenvalue weighted by molar-refractivity contribution is 7.11. The van der Waals surface area contributed by atoms with E-state index in [4.69, 9.17) is 0 Å². The third-order valence-electron chi connectivity index (χ3n) is 3.30. The molecule has 124 valence electrons. The van der Waals surface area contributed by atoms with Crippen molar-refractivity contribution in [1.29, 1.82) is 0 Å². The molecule has 0 atom stereocenters. The molecule has 0 radical (unpaired) electrons. The SMILES string of the molecule is CCNC(=NCc1cccc(F)c1)NCCc1sc(C)nc1C. The van der Waals surface area contributed by atoms with Crippen LogP contribution in [-0.4, -0.2) is 24.0 Å². The minimum atomic E-state index is -0.230. The number of nitrogens with zero attached hydrogens (tertiary/aromatic N) is 2. The predicted molar refractivity (Wildman–Crippen MR) is 94.5 cm³/mol. The molecule has 1 aromatic heterocycles. The Morgan fingerprint density at radius 3 is 2.78 bits per heavy atom. The molecule has 0 amide bonds. The van der Waals surface area contributed by atoms with Crippen LogP contribution in [0.2, 0.25) is 0 Å². The highest BCUT2D eigenvalue weighted by Crippen LogP contribution is 2.17. The van der Waals surface area contributed by atoms with E-state index in [1.807, 2.05) is 26.8 Å². The molecule has 1 aromatic carbocycles. The van der Waals surface area contributed by atoms with Gasteiger partial charge in [0, 0.05) is 24.4 Å². The molecule has 0 fully saturated rings. The van der Waals surface area contributed by atoms with Gasteiger partial charge in [0.15, 0.2) is 5.96 Å². The van der Waals surface area contributed by atoms with E-state index in [0.717, 1.165) is 41.7 Å². The Balaban J connectivity index is 1.90. The van der Waals surface area contributed by atoms with Gasteiger partial charge in [-0.15, -0.1) is 11.3 Å². The van der Waals surface area contributed by atoms with Gasteiger partial charge in [-0.05, 0) is 38.5 Å². The Kier molecular flexibility index (Phi) is 6.52. The molecule has 0 spiro atoms. The van der Waals surface area contributed by atoms with E-state index in [-0.39, 0.29) is 5.82 Å². The molecule has 4 nitrogen and oxygen atoms in total. The van der Waals surface area contributed by atoms with Crippen molar-refractivity contribution in [3.8, 4) is 0 Å². The van der Waals surface area contributed by atoms with Crippen molar-refractivity contribution in [1.82, 2.24) is 15.6 Å². The Labute approximate surface area is 140 Å². The van der Waals surface area contributed by atoms with Crippen molar-refractivity contribution in [2.75, 3.05) is 13.1 Å². The topological polar surface area (TPSA) is 49.3 Å². The molecule has 0 saturated carbocycles. The highest BCUT2D eigenvalue weighted by atomic mass is 32.1. The molecular formula is C17H23FN4S. The zero-order valence-electron chi connectivity index (χ0n) is 13.8. The summed E-state index contributed by atoms with van der Waals surface area (Å²) in [5.74, 6) is 0.516. The number of thiazole rings is 1. The maximum atomic E-state index is 13.2. The van der Waals surface area contributed by atoms with Crippen molar-refractivity contribution < 1.29 is 4.39 Å². The molecule has 2 N–H and O–H groups in total. The second-order valence-corrected chi connectivity index (χ2v) is 6.53. The maximum absolute atomic E-state index is 13.2. The number of benzene rings is 1. The fraction of sp³-hybridized carbons (Fsp3) is 0.412. The first kappa shape index (κ1) is 17.4. The third kappa shape index (κ3) is 5.63. The predicted octanol–water partition coefficient (Wildman–Crippen LogP) is 3.20. The largest absolute Gasteiger partial charge is 0.357 e. The Bertz CT molecular complexity index is 666. The lowest BCUT2D eigenvalue weighted by molar-refractivity contribution is 0.625. The van der Waals surface area contributed by atoms with Gasteiger partial charge < -0.3 is 10.6 Å². The summed E-state index contributed by atoms with van der Waals surface area (Å²) in [4.78, 5) is 10.2. The molecular weight excluding hydrogens is 311 g/mol. The second-order valence-electron chi connectivity index (χ2n) is 5.24. The molecule has 2 rings (SSSR count). The third-order valence-corrected chi connectivity index (χ3v) is 4.43. The summed E-state index contributed by atoms with van der Waals surface area (Å²) in [7, 11) is 0. The number of halogens is 1. The lowest BCUT2D eigenvalue weighted by Crippen LogP contribution is -2.38. The van der Waals surface area contributed by atoms with Crippen LogP contribution in [0, 0.1) is 19.7 Å². The first-order valence-corrected chi connectivity index (χ1v) is 8.59. The summed E-state index contributed by atoms with van der Waals surface area (Å²) in [5, 5.41) is 7.62. The quantitative estimate of drug-likeness (QED) is 0.630. The number of guanidine groups is 1.